The molecule has 4 rings (SSSR count). The maximum atomic E-state index is 12.6. The van der Waals surface area contributed by atoms with Crippen LogP contribution in [-0.4, -0.2) is 36.1 Å². The highest BCUT2D eigenvalue weighted by atomic mass is 16.5. The second kappa shape index (κ2) is 9.78. The van der Waals surface area contributed by atoms with E-state index in [2.05, 4.69) is 9.97 Å². The molecular weight excluding hydrogens is 388 g/mol. The minimum Gasteiger partial charge on any atom is -0.491 e. The zero-order valence-electron chi connectivity index (χ0n) is 17.2. The number of aromatic nitrogens is 2. The number of nitrogens with zero attached hydrogens (tertiary/aromatic N) is 2. The molecule has 0 atom stereocenters. The maximum Gasteiger partial charge on any atom is 0.185 e. The molecule has 3 aromatic carbocycles. The quantitative estimate of drug-likeness (QED) is 0.226. The number of carbonyl (C=O) groups is 1. The van der Waals surface area contributed by atoms with Gasteiger partial charge in [0.1, 0.15) is 12.4 Å². The third-order valence-electron chi connectivity index (χ3n) is 4.83. The van der Waals surface area contributed by atoms with Crippen LogP contribution in [-0.2, 0) is 4.74 Å². The summed E-state index contributed by atoms with van der Waals surface area (Å²) in [5.41, 5.74) is 5.28. The predicted molar refractivity (Wildman–Crippen MR) is 122 cm³/mol. The first-order valence-corrected chi connectivity index (χ1v) is 9.98. The average Bonchev–Trinajstić information content (AvgIpc) is 2.83. The summed E-state index contributed by atoms with van der Waals surface area (Å²) in [6.07, 6.45) is 6.70. The summed E-state index contributed by atoms with van der Waals surface area (Å²) in [5.74, 6) is 0.755. The number of hydrogen-bond acceptors (Lipinski definition) is 5. The van der Waals surface area contributed by atoms with Crippen LogP contribution in [0, 0.1) is 0 Å². The number of allylic oxidation sites excluding steroid dienone is 1. The summed E-state index contributed by atoms with van der Waals surface area (Å²) in [4.78, 5) is 21.1. The largest absolute Gasteiger partial charge is 0.491 e. The van der Waals surface area contributed by atoms with Crippen LogP contribution in [0.5, 0.6) is 5.75 Å². The second-order valence-electron chi connectivity index (χ2n) is 6.95. The lowest BCUT2D eigenvalue weighted by molar-refractivity contribution is 0.104. The van der Waals surface area contributed by atoms with Gasteiger partial charge in [0.05, 0.1) is 17.6 Å². The van der Waals surface area contributed by atoms with Crippen molar-refractivity contribution < 1.29 is 14.3 Å². The van der Waals surface area contributed by atoms with E-state index in [9.17, 15) is 4.79 Å². The molecule has 0 aliphatic heterocycles. The fourth-order valence-electron chi connectivity index (χ4n) is 3.17. The van der Waals surface area contributed by atoms with Crippen LogP contribution in [0.15, 0.2) is 85.2 Å². The van der Waals surface area contributed by atoms with E-state index in [1.165, 1.54) is 0 Å². The fraction of sp³-hybridized carbons (Fsp3) is 0.115. The highest BCUT2D eigenvalue weighted by Gasteiger charge is 2.04. The van der Waals surface area contributed by atoms with Crippen molar-refractivity contribution in [2.24, 2.45) is 0 Å². The van der Waals surface area contributed by atoms with Crippen LogP contribution < -0.4 is 4.74 Å². The van der Waals surface area contributed by atoms with Crippen molar-refractivity contribution in [2.75, 3.05) is 20.3 Å². The fourth-order valence-corrected chi connectivity index (χ4v) is 3.17. The molecule has 0 spiro atoms. The van der Waals surface area contributed by atoms with Gasteiger partial charge in [0, 0.05) is 25.1 Å². The number of ether oxygens (including phenoxy) is 2. The van der Waals surface area contributed by atoms with Crippen LogP contribution in [0.1, 0.15) is 15.9 Å². The number of methoxy groups -OCH3 is 1. The molecule has 0 unspecified atom stereocenters. The topological polar surface area (TPSA) is 61.3 Å². The molecule has 0 bridgehead atoms. The standard InChI is InChI=1S/C26H22N2O3/c1-30-16-17-31-23-10-8-21(9-11-23)20-4-6-22(7-5-20)26(29)13-3-19-2-12-24-25(18-19)28-15-14-27-24/h2-15,18H,16-17H2,1H3. The van der Waals surface area contributed by atoms with Crippen molar-refractivity contribution >= 4 is 22.9 Å². The Balaban J connectivity index is 1.42. The normalized spacial score (nSPS) is 11.1. The van der Waals surface area contributed by atoms with Crippen molar-refractivity contribution in [1.29, 1.82) is 0 Å². The lowest BCUT2D eigenvalue weighted by Gasteiger charge is -2.07. The van der Waals surface area contributed by atoms with Crippen molar-refractivity contribution in [3.8, 4) is 16.9 Å². The van der Waals surface area contributed by atoms with E-state index in [0.717, 1.165) is 33.5 Å². The molecule has 1 aromatic heterocycles. The van der Waals surface area contributed by atoms with Gasteiger partial charge in [0.15, 0.2) is 5.78 Å². The summed E-state index contributed by atoms with van der Waals surface area (Å²) in [5, 5.41) is 0. The Kier molecular flexibility index (Phi) is 6.45. The van der Waals surface area contributed by atoms with E-state index in [-0.39, 0.29) is 5.78 Å². The third kappa shape index (κ3) is 5.21. The monoisotopic (exact) mass is 410 g/mol. The molecule has 5 heteroatoms. The molecular formula is C26H22N2O3. The summed E-state index contributed by atoms with van der Waals surface area (Å²) in [6, 6.07) is 21.2. The summed E-state index contributed by atoms with van der Waals surface area (Å²) in [7, 11) is 1.65. The minimum atomic E-state index is -0.0484. The van der Waals surface area contributed by atoms with E-state index in [4.69, 9.17) is 9.47 Å². The summed E-state index contributed by atoms with van der Waals surface area (Å²) >= 11 is 0. The Bertz CT molecular complexity index is 1200. The van der Waals surface area contributed by atoms with Gasteiger partial charge in [-0.05, 0) is 47.0 Å². The highest BCUT2D eigenvalue weighted by Crippen LogP contribution is 2.23. The number of ketones is 1. The van der Waals surface area contributed by atoms with Gasteiger partial charge in [-0.2, -0.15) is 0 Å². The van der Waals surface area contributed by atoms with Gasteiger partial charge in [-0.15, -0.1) is 0 Å². The Morgan fingerprint density at radius 3 is 2.23 bits per heavy atom. The Hall–Kier alpha value is -3.83. The van der Waals surface area contributed by atoms with Gasteiger partial charge >= 0.3 is 0 Å². The number of fused-ring (bicyclic) bond motifs is 1. The first-order valence-electron chi connectivity index (χ1n) is 9.98. The van der Waals surface area contributed by atoms with Crippen molar-refractivity contribution in [1.82, 2.24) is 9.97 Å². The van der Waals surface area contributed by atoms with E-state index < -0.39 is 0 Å². The predicted octanol–water partition coefficient (Wildman–Crippen LogP) is 5.22. The average molecular weight is 410 g/mol. The van der Waals surface area contributed by atoms with Gasteiger partial charge in [-0.25, -0.2) is 0 Å². The smallest absolute Gasteiger partial charge is 0.185 e. The van der Waals surface area contributed by atoms with Crippen LogP contribution in [0.3, 0.4) is 0 Å². The van der Waals surface area contributed by atoms with Crippen LogP contribution in [0.2, 0.25) is 0 Å². The number of hydrogen-bond donors (Lipinski definition) is 0. The molecule has 4 aromatic rings. The van der Waals surface area contributed by atoms with Crippen molar-refractivity contribution in [2.45, 2.75) is 0 Å². The Morgan fingerprint density at radius 2 is 1.52 bits per heavy atom. The molecule has 154 valence electrons. The Morgan fingerprint density at radius 1 is 0.839 bits per heavy atom. The molecule has 0 amide bonds. The van der Waals surface area contributed by atoms with E-state index >= 15 is 0 Å². The molecule has 0 fully saturated rings. The van der Waals surface area contributed by atoms with Crippen LogP contribution in [0.4, 0.5) is 0 Å². The van der Waals surface area contributed by atoms with Gasteiger partial charge in [-0.1, -0.05) is 48.5 Å². The number of carbonyl (C=O) groups excluding carboxylic acids is 1. The van der Waals surface area contributed by atoms with Gasteiger partial charge in [-0.3, -0.25) is 14.8 Å². The summed E-state index contributed by atoms with van der Waals surface area (Å²) < 4.78 is 10.6. The number of benzene rings is 3. The van der Waals surface area contributed by atoms with E-state index in [0.29, 0.717) is 18.8 Å². The molecule has 0 N–H and O–H groups in total. The molecule has 0 saturated carbocycles. The zero-order valence-corrected chi connectivity index (χ0v) is 17.2. The molecule has 5 nitrogen and oxygen atoms in total. The Labute approximate surface area is 181 Å². The zero-order chi connectivity index (χ0) is 21.5. The van der Waals surface area contributed by atoms with Crippen molar-refractivity contribution in [3.05, 3.63) is 96.3 Å². The molecule has 0 saturated heterocycles. The minimum absolute atomic E-state index is 0.0484. The SMILES string of the molecule is COCCOc1ccc(-c2ccc(C(=O)C=Cc3ccc4nccnc4c3)cc2)cc1. The first kappa shape index (κ1) is 20.4. The van der Waals surface area contributed by atoms with Gasteiger partial charge < -0.3 is 9.47 Å². The van der Waals surface area contributed by atoms with Crippen LogP contribution >= 0.6 is 0 Å². The maximum absolute atomic E-state index is 12.6. The molecule has 0 aliphatic carbocycles. The highest BCUT2D eigenvalue weighted by molar-refractivity contribution is 6.07. The molecule has 0 aliphatic rings. The molecule has 0 radical (unpaired) electrons. The van der Waals surface area contributed by atoms with Crippen molar-refractivity contribution in [3.63, 3.8) is 0 Å². The van der Waals surface area contributed by atoms with E-state index in [1.807, 2.05) is 66.7 Å². The second-order valence-corrected chi connectivity index (χ2v) is 6.95. The van der Waals surface area contributed by atoms with Gasteiger partial charge in [0.25, 0.3) is 0 Å². The summed E-state index contributed by atoms with van der Waals surface area (Å²) in [6.45, 7) is 1.08. The molecule has 31 heavy (non-hydrogen) atoms. The third-order valence-corrected chi connectivity index (χ3v) is 4.83. The lowest BCUT2D eigenvalue weighted by atomic mass is 10.0. The van der Waals surface area contributed by atoms with E-state index in [1.54, 1.807) is 31.7 Å². The molecule has 1 heterocycles. The van der Waals surface area contributed by atoms with Crippen LogP contribution in [0.25, 0.3) is 28.2 Å². The first-order chi connectivity index (χ1) is 15.2. The lowest BCUT2D eigenvalue weighted by Crippen LogP contribution is -2.03. The van der Waals surface area contributed by atoms with Gasteiger partial charge in [0.2, 0.25) is 0 Å². The number of rotatable bonds is 8.